The molecule has 0 unspecified atom stereocenters. The Kier molecular flexibility index (Phi) is 6.16. The predicted octanol–water partition coefficient (Wildman–Crippen LogP) is 0.649. The number of oxazole rings is 1. The number of amides is 2. The van der Waals surface area contributed by atoms with E-state index < -0.39 is 0 Å². The van der Waals surface area contributed by atoms with E-state index >= 15 is 0 Å². The number of hydrogen-bond acceptors (Lipinski definition) is 5. The van der Waals surface area contributed by atoms with Crippen LogP contribution >= 0.6 is 12.4 Å². The average molecular weight is 353 g/mol. The third kappa shape index (κ3) is 4.24. The Morgan fingerprint density at radius 2 is 2.29 bits per heavy atom. The summed E-state index contributed by atoms with van der Waals surface area (Å²) in [6, 6.07) is 5.80. The average Bonchev–Trinajstić information content (AvgIpc) is 2.94. The van der Waals surface area contributed by atoms with Crippen LogP contribution in [-0.2, 0) is 16.0 Å². The first kappa shape index (κ1) is 18.2. The lowest BCUT2D eigenvalue weighted by Gasteiger charge is -2.26. The van der Waals surface area contributed by atoms with Crippen LogP contribution in [-0.4, -0.2) is 54.4 Å². The molecule has 0 atom stereocenters. The van der Waals surface area contributed by atoms with Gasteiger partial charge in [0.05, 0.1) is 13.1 Å². The number of hydrogen-bond donors (Lipinski definition) is 2. The molecule has 24 heavy (non-hydrogen) atoms. The molecule has 2 aromatic rings. The molecule has 2 N–H and O–H groups in total. The fourth-order valence-electron chi connectivity index (χ4n) is 2.59. The molecule has 3 rings (SSSR count). The summed E-state index contributed by atoms with van der Waals surface area (Å²) in [5, 5.41) is 5.78. The number of fused-ring (bicyclic) bond motifs is 1. The van der Waals surface area contributed by atoms with Crippen molar-refractivity contribution in [1.29, 1.82) is 0 Å². The lowest BCUT2D eigenvalue weighted by atomic mass is 10.2. The van der Waals surface area contributed by atoms with Crippen molar-refractivity contribution >= 4 is 35.3 Å². The first-order valence-electron chi connectivity index (χ1n) is 7.74. The maximum Gasteiger partial charge on any atom is 0.239 e. The summed E-state index contributed by atoms with van der Waals surface area (Å²) in [6.45, 7) is 4.12. The minimum absolute atomic E-state index is 0. The van der Waals surface area contributed by atoms with Gasteiger partial charge in [-0.3, -0.25) is 9.59 Å². The molecule has 130 valence electrons. The lowest BCUT2D eigenvalue weighted by molar-refractivity contribution is -0.136. The van der Waals surface area contributed by atoms with E-state index in [1.165, 1.54) is 0 Å². The predicted molar refractivity (Wildman–Crippen MR) is 92.2 cm³/mol. The van der Waals surface area contributed by atoms with Crippen molar-refractivity contribution < 1.29 is 14.0 Å². The first-order chi connectivity index (χ1) is 11.1. The lowest BCUT2D eigenvalue weighted by Crippen LogP contribution is -2.51. The number of aryl methyl sites for hydroxylation is 1. The van der Waals surface area contributed by atoms with E-state index in [4.69, 9.17) is 4.42 Å². The van der Waals surface area contributed by atoms with E-state index in [9.17, 15) is 9.59 Å². The summed E-state index contributed by atoms with van der Waals surface area (Å²) < 4.78 is 5.66. The highest BCUT2D eigenvalue weighted by atomic mass is 35.5. The number of aromatic nitrogens is 1. The van der Waals surface area contributed by atoms with Crippen LogP contribution in [0.1, 0.15) is 11.5 Å². The summed E-state index contributed by atoms with van der Waals surface area (Å²) in [5.74, 6) is 0.404. The Balaban J connectivity index is 0.00000208. The zero-order chi connectivity index (χ0) is 16.2. The van der Waals surface area contributed by atoms with Crippen LogP contribution in [0.15, 0.2) is 22.6 Å². The van der Waals surface area contributed by atoms with Gasteiger partial charge in [-0.1, -0.05) is 12.1 Å². The Morgan fingerprint density at radius 1 is 1.46 bits per heavy atom. The molecular weight excluding hydrogens is 332 g/mol. The number of benzene rings is 1. The summed E-state index contributed by atoms with van der Waals surface area (Å²) in [6.07, 6.45) is 0.523. The largest absolute Gasteiger partial charge is 0.441 e. The third-order valence-corrected chi connectivity index (χ3v) is 3.85. The van der Waals surface area contributed by atoms with Gasteiger partial charge in [0, 0.05) is 26.1 Å². The molecule has 8 heteroatoms. The molecule has 1 aliphatic rings. The van der Waals surface area contributed by atoms with Gasteiger partial charge >= 0.3 is 0 Å². The van der Waals surface area contributed by atoms with Crippen molar-refractivity contribution in [2.45, 2.75) is 13.3 Å². The van der Waals surface area contributed by atoms with E-state index in [-0.39, 0.29) is 30.8 Å². The summed E-state index contributed by atoms with van der Waals surface area (Å²) in [4.78, 5) is 29.5. The molecule has 7 nitrogen and oxygen atoms in total. The van der Waals surface area contributed by atoms with Crippen molar-refractivity contribution in [1.82, 2.24) is 20.5 Å². The molecule has 1 aromatic carbocycles. The maximum absolute atomic E-state index is 11.9. The highest BCUT2D eigenvalue weighted by molar-refractivity contribution is 5.86. The highest BCUT2D eigenvalue weighted by Crippen LogP contribution is 2.18. The number of nitrogens with one attached hydrogen (secondary N) is 2. The molecule has 0 bridgehead atoms. The van der Waals surface area contributed by atoms with Gasteiger partial charge in [-0.15, -0.1) is 12.4 Å². The minimum Gasteiger partial charge on any atom is -0.441 e. The number of nitrogens with zero attached hydrogens (tertiary/aromatic N) is 2. The van der Waals surface area contributed by atoms with Crippen LogP contribution in [0.2, 0.25) is 0 Å². The third-order valence-electron chi connectivity index (χ3n) is 3.85. The van der Waals surface area contributed by atoms with E-state index in [1.54, 1.807) is 4.90 Å². The van der Waals surface area contributed by atoms with Crippen molar-refractivity contribution in [3.8, 4) is 0 Å². The number of piperazine rings is 1. The molecule has 2 amide bonds. The molecule has 0 spiro atoms. The van der Waals surface area contributed by atoms with Crippen molar-refractivity contribution in [2.24, 2.45) is 0 Å². The molecule has 1 aliphatic heterocycles. The molecule has 1 aromatic heterocycles. The Morgan fingerprint density at radius 3 is 3.04 bits per heavy atom. The summed E-state index contributed by atoms with van der Waals surface area (Å²) in [5.41, 5.74) is 2.69. The number of para-hydroxylation sites is 1. The Labute approximate surface area is 146 Å². The smallest absolute Gasteiger partial charge is 0.239 e. The molecule has 0 saturated carbocycles. The van der Waals surface area contributed by atoms with Crippen LogP contribution in [0.25, 0.3) is 11.1 Å². The molecule has 0 radical (unpaired) electrons. The zero-order valence-electron chi connectivity index (χ0n) is 13.5. The van der Waals surface area contributed by atoms with Gasteiger partial charge in [0.25, 0.3) is 0 Å². The minimum atomic E-state index is -0.160. The quantitative estimate of drug-likeness (QED) is 0.825. The number of carbonyl (C=O) groups is 2. The standard InChI is InChI=1S/C16H20N4O3.ClH/c1-11-3-2-4-12-16(11)19-14(23-12)5-6-18-13(21)10-20-8-7-17-9-15(20)22;/h2-4,17H,5-10H2,1H3,(H,18,21);1H. The molecule has 0 aliphatic carbocycles. The number of halogens is 1. The SMILES string of the molecule is Cc1cccc2oc(CCNC(=O)CN3CCNCC3=O)nc12.Cl. The first-order valence-corrected chi connectivity index (χ1v) is 7.74. The van der Waals surface area contributed by atoms with E-state index in [0.717, 1.165) is 23.2 Å². The van der Waals surface area contributed by atoms with Crippen LogP contribution in [0, 0.1) is 6.92 Å². The van der Waals surface area contributed by atoms with Crippen LogP contribution in [0.3, 0.4) is 0 Å². The van der Waals surface area contributed by atoms with Gasteiger partial charge in [0.15, 0.2) is 11.5 Å². The van der Waals surface area contributed by atoms with Gasteiger partial charge in [-0.2, -0.15) is 0 Å². The topological polar surface area (TPSA) is 87.5 Å². The second-order valence-corrected chi connectivity index (χ2v) is 5.62. The van der Waals surface area contributed by atoms with Crippen LogP contribution in [0.4, 0.5) is 0 Å². The second kappa shape index (κ2) is 8.12. The van der Waals surface area contributed by atoms with E-state index in [1.807, 2.05) is 25.1 Å². The van der Waals surface area contributed by atoms with Gasteiger partial charge < -0.3 is 20.0 Å². The molecular formula is C16H21ClN4O3. The highest BCUT2D eigenvalue weighted by Gasteiger charge is 2.19. The van der Waals surface area contributed by atoms with Gasteiger partial charge in [-0.05, 0) is 18.6 Å². The van der Waals surface area contributed by atoms with Crippen molar-refractivity contribution in [2.75, 3.05) is 32.7 Å². The number of carbonyl (C=O) groups excluding carboxylic acids is 2. The van der Waals surface area contributed by atoms with E-state index in [0.29, 0.717) is 31.9 Å². The Bertz CT molecular complexity index is 731. The molecule has 2 heterocycles. The van der Waals surface area contributed by atoms with Gasteiger partial charge in [0.2, 0.25) is 11.8 Å². The summed E-state index contributed by atoms with van der Waals surface area (Å²) >= 11 is 0. The zero-order valence-corrected chi connectivity index (χ0v) is 14.3. The van der Waals surface area contributed by atoms with Crippen molar-refractivity contribution in [3.63, 3.8) is 0 Å². The maximum atomic E-state index is 11.9. The fourth-order valence-corrected chi connectivity index (χ4v) is 2.59. The van der Waals surface area contributed by atoms with Crippen LogP contribution < -0.4 is 10.6 Å². The molecule has 1 saturated heterocycles. The molecule has 1 fully saturated rings. The van der Waals surface area contributed by atoms with Crippen LogP contribution in [0.5, 0.6) is 0 Å². The fraction of sp³-hybridized carbons (Fsp3) is 0.438. The van der Waals surface area contributed by atoms with E-state index in [2.05, 4.69) is 15.6 Å². The normalized spacial score (nSPS) is 14.5. The van der Waals surface area contributed by atoms with Gasteiger partial charge in [0.1, 0.15) is 5.52 Å². The van der Waals surface area contributed by atoms with Gasteiger partial charge in [-0.25, -0.2) is 4.98 Å². The monoisotopic (exact) mass is 352 g/mol. The second-order valence-electron chi connectivity index (χ2n) is 5.62. The Hall–Kier alpha value is -2.12. The van der Waals surface area contributed by atoms with Crippen molar-refractivity contribution in [3.05, 3.63) is 29.7 Å². The summed E-state index contributed by atoms with van der Waals surface area (Å²) in [7, 11) is 0. The number of rotatable bonds is 5.